The molecule has 0 spiro atoms. The van der Waals surface area contributed by atoms with Crippen molar-refractivity contribution in [2.45, 2.75) is 17.9 Å². The highest BCUT2D eigenvalue weighted by molar-refractivity contribution is 6.18. The lowest BCUT2D eigenvalue weighted by atomic mass is 9.85. The molecule has 2 N–H and O–H groups in total. The average Bonchev–Trinajstić information content (AvgIpc) is 3.08. The van der Waals surface area contributed by atoms with Gasteiger partial charge >= 0.3 is 11.9 Å². The predicted octanol–water partition coefficient (Wildman–Crippen LogP) is 0.875. The Balaban J connectivity index is 2.04. The highest BCUT2D eigenvalue weighted by Gasteiger charge is 2.74. The number of fused-ring (bicyclic) bond motifs is 3. The molecule has 30 heavy (non-hydrogen) atoms. The van der Waals surface area contributed by atoms with Crippen LogP contribution in [0, 0.1) is 0 Å². The number of nitrogens with zero attached hydrogens (tertiary/aromatic N) is 1. The highest BCUT2D eigenvalue weighted by atomic mass is 16.5. The molecule has 2 aliphatic rings. The summed E-state index contributed by atoms with van der Waals surface area (Å²) >= 11 is 0. The van der Waals surface area contributed by atoms with Crippen LogP contribution in [-0.2, 0) is 31.3 Å². The first-order valence-corrected chi connectivity index (χ1v) is 9.14. The lowest BCUT2D eigenvalue weighted by Gasteiger charge is -2.39. The second-order valence-electron chi connectivity index (χ2n) is 7.04. The van der Waals surface area contributed by atoms with E-state index in [0.29, 0.717) is 5.56 Å². The SMILES string of the molecule is COC(=O)C1=C(C(=O)OC)[C@]2(O)C(=O)c3ccccc3[C@]2(O)N1Cc1ccccc1. The molecule has 2 atom stereocenters. The zero-order valence-corrected chi connectivity index (χ0v) is 16.3. The van der Waals surface area contributed by atoms with E-state index in [-0.39, 0.29) is 17.7 Å². The minimum Gasteiger partial charge on any atom is -0.466 e. The lowest BCUT2D eigenvalue weighted by Crippen LogP contribution is -2.57. The Hall–Kier alpha value is -3.49. The molecule has 4 rings (SSSR count). The second-order valence-corrected chi connectivity index (χ2v) is 7.04. The minimum absolute atomic E-state index is 0.0471. The molecule has 0 fully saturated rings. The fourth-order valence-electron chi connectivity index (χ4n) is 4.24. The zero-order chi connectivity index (χ0) is 21.7. The van der Waals surface area contributed by atoms with Crippen LogP contribution in [0.5, 0.6) is 0 Å². The van der Waals surface area contributed by atoms with E-state index >= 15 is 0 Å². The molecule has 8 heteroatoms. The van der Waals surface area contributed by atoms with E-state index in [9.17, 15) is 24.6 Å². The molecule has 0 unspecified atom stereocenters. The summed E-state index contributed by atoms with van der Waals surface area (Å²) in [6.07, 6.45) is 0. The second kappa shape index (κ2) is 6.79. The number of ketones is 1. The molecule has 8 nitrogen and oxygen atoms in total. The first-order chi connectivity index (χ1) is 14.3. The highest BCUT2D eigenvalue weighted by Crippen LogP contribution is 2.57. The van der Waals surface area contributed by atoms with Crippen molar-refractivity contribution in [1.82, 2.24) is 4.90 Å². The molecular formula is C22H19NO7. The molecule has 1 aliphatic heterocycles. The molecule has 154 valence electrons. The fraction of sp³-hybridized carbons (Fsp3) is 0.227. The number of methoxy groups -OCH3 is 2. The molecule has 2 aromatic carbocycles. The predicted molar refractivity (Wildman–Crippen MR) is 103 cm³/mol. The van der Waals surface area contributed by atoms with Gasteiger partial charge in [-0.3, -0.25) is 4.79 Å². The number of carbonyl (C=O) groups is 3. The molecule has 1 aliphatic carbocycles. The molecule has 0 aromatic heterocycles. The molecule has 0 bridgehead atoms. The smallest absolute Gasteiger partial charge is 0.355 e. The number of esters is 2. The van der Waals surface area contributed by atoms with Crippen LogP contribution in [0.1, 0.15) is 21.5 Å². The van der Waals surface area contributed by atoms with Crippen molar-refractivity contribution in [2.75, 3.05) is 14.2 Å². The van der Waals surface area contributed by atoms with Gasteiger partial charge in [0.05, 0.1) is 14.2 Å². The Labute approximate surface area is 171 Å². The quantitative estimate of drug-likeness (QED) is 0.716. The maximum atomic E-state index is 13.3. The van der Waals surface area contributed by atoms with Gasteiger partial charge in [-0.05, 0) is 5.56 Å². The Bertz CT molecular complexity index is 1090. The van der Waals surface area contributed by atoms with Crippen LogP contribution < -0.4 is 0 Å². The van der Waals surface area contributed by atoms with Gasteiger partial charge in [-0.1, -0.05) is 54.6 Å². The van der Waals surface area contributed by atoms with E-state index in [0.717, 1.165) is 19.1 Å². The van der Waals surface area contributed by atoms with Crippen LogP contribution in [0.25, 0.3) is 0 Å². The monoisotopic (exact) mass is 409 g/mol. The topological polar surface area (TPSA) is 113 Å². The summed E-state index contributed by atoms with van der Waals surface area (Å²) in [5.41, 5.74) is -5.46. The van der Waals surface area contributed by atoms with Crippen LogP contribution >= 0.6 is 0 Å². The molecule has 0 saturated heterocycles. The summed E-state index contributed by atoms with van der Waals surface area (Å²) in [7, 11) is 2.15. The van der Waals surface area contributed by atoms with Gasteiger partial charge in [0.2, 0.25) is 17.1 Å². The third-order valence-corrected chi connectivity index (χ3v) is 5.59. The van der Waals surface area contributed by atoms with Gasteiger partial charge in [0, 0.05) is 17.7 Å². The van der Waals surface area contributed by atoms with Crippen molar-refractivity contribution in [1.29, 1.82) is 0 Å². The van der Waals surface area contributed by atoms with E-state index in [1.807, 2.05) is 0 Å². The number of Topliss-reactive ketones (excluding diaryl/α,β-unsaturated/α-hetero) is 1. The van der Waals surface area contributed by atoms with E-state index in [1.54, 1.807) is 42.5 Å². The van der Waals surface area contributed by atoms with E-state index < -0.39 is 40.3 Å². The number of ether oxygens (including phenoxy) is 2. The standard InChI is InChI=1S/C22H19NO7/c1-29-19(25)16-17(20(26)30-2)23(12-13-8-4-3-5-9-13)22(28)15-11-7-6-10-14(15)18(24)21(16,22)27/h3-11,27-28H,12H2,1-2H3/t21-,22+/m0/s1. The molecule has 0 radical (unpaired) electrons. The number of rotatable bonds is 4. The van der Waals surface area contributed by atoms with Gasteiger partial charge in [0.15, 0.2) is 0 Å². The normalized spacial score (nSPS) is 24.5. The fourth-order valence-corrected chi connectivity index (χ4v) is 4.24. The van der Waals surface area contributed by atoms with Crippen molar-refractivity contribution in [3.05, 3.63) is 82.6 Å². The van der Waals surface area contributed by atoms with Crippen molar-refractivity contribution in [3.63, 3.8) is 0 Å². The third-order valence-electron chi connectivity index (χ3n) is 5.59. The number of benzene rings is 2. The maximum Gasteiger partial charge on any atom is 0.355 e. The number of aliphatic hydroxyl groups is 2. The number of hydrogen-bond donors (Lipinski definition) is 2. The first-order valence-electron chi connectivity index (χ1n) is 9.14. The summed E-state index contributed by atoms with van der Waals surface area (Å²) in [5.74, 6) is -3.01. The van der Waals surface area contributed by atoms with Crippen molar-refractivity contribution in [3.8, 4) is 0 Å². The Kier molecular flexibility index (Phi) is 4.48. The molecule has 2 aromatic rings. The van der Waals surface area contributed by atoms with E-state index in [2.05, 4.69) is 0 Å². The van der Waals surface area contributed by atoms with Crippen molar-refractivity contribution >= 4 is 17.7 Å². The number of carbonyl (C=O) groups excluding carboxylic acids is 3. The molecular weight excluding hydrogens is 390 g/mol. The Morgan fingerprint density at radius 3 is 2.17 bits per heavy atom. The van der Waals surface area contributed by atoms with Gasteiger partial charge < -0.3 is 24.6 Å². The molecule has 0 saturated carbocycles. The van der Waals surface area contributed by atoms with Gasteiger partial charge in [0.1, 0.15) is 11.3 Å². The third kappa shape index (κ3) is 2.31. The average molecular weight is 409 g/mol. The summed E-state index contributed by atoms with van der Waals surface area (Å²) in [5, 5.41) is 23.5. The van der Waals surface area contributed by atoms with Crippen LogP contribution in [0.4, 0.5) is 0 Å². The minimum atomic E-state index is -2.75. The van der Waals surface area contributed by atoms with Gasteiger partial charge in [0.25, 0.3) is 0 Å². The summed E-state index contributed by atoms with van der Waals surface area (Å²) in [6, 6.07) is 14.9. The Morgan fingerprint density at radius 2 is 1.53 bits per heavy atom. The number of hydrogen-bond acceptors (Lipinski definition) is 8. The lowest BCUT2D eigenvalue weighted by molar-refractivity contribution is -0.180. The van der Waals surface area contributed by atoms with Crippen LogP contribution in [0.2, 0.25) is 0 Å². The van der Waals surface area contributed by atoms with Gasteiger partial charge in [-0.25, -0.2) is 9.59 Å². The molecule has 0 amide bonds. The molecule has 1 heterocycles. The van der Waals surface area contributed by atoms with Gasteiger partial charge in [-0.2, -0.15) is 0 Å². The van der Waals surface area contributed by atoms with Gasteiger partial charge in [-0.15, -0.1) is 0 Å². The Morgan fingerprint density at radius 1 is 0.933 bits per heavy atom. The summed E-state index contributed by atoms with van der Waals surface area (Å²) in [4.78, 5) is 39.8. The largest absolute Gasteiger partial charge is 0.466 e. The van der Waals surface area contributed by atoms with Crippen LogP contribution in [0.3, 0.4) is 0 Å². The summed E-state index contributed by atoms with van der Waals surface area (Å²) < 4.78 is 9.59. The van der Waals surface area contributed by atoms with Crippen LogP contribution in [-0.4, -0.2) is 52.7 Å². The zero-order valence-electron chi connectivity index (χ0n) is 16.3. The van der Waals surface area contributed by atoms with E-state index in [1.165, 1.54) is 12.1 Å². The van der Waals surface area contributed by atoms with E-state index in [4.69, 9.17) is 9.47 Å². The van der Waals surface area contributed by atoms with Crippen LogP contribution in [0.15, 0.2) is 65.9 Å². The maximum absolute atomic E-state index is 13.3. The summed E-state index contributed by atoms with van der Waals surface area (Å²) in [6.45, 7) is -0.0911. The van der Waals surface area contributed by atoms with Crippen molar-refractivity contribution in [2.24, 2.45) is 0 Å². The van der Waals surface area contributed by atoms with Crippen molar-refractivity contribution < 1.29 is 34.1 Å². The first kappa shape index (κ1) is 19.8.